The van der Waals surface area contributed by atoms with E-state index in [1.54, 1.807) is 6.08 Å². The molecule has 114 valence electrons. The molecule has 0 amide bonds. The van der Waals surface area contributed by atoms with Crippen molar-refractivity contribution in [3.8, 4) is 5.75 Å². The summed E-state index contributed by atoms with van der Waals surface area (Å²) in [6.45, 7) is 0. The molecule has 0 fully saturated rings. The number of carbonyl (C=O) groups is 1. The Morgan fingerprint density at radius 3 is 2.90 bits per heavy atom. The monoisotopic (exact) mass is 354 g/mol. The minimum Gasteiger partial charge on any atom is -0.485 e. The second-order valence-electron chi connectivity index (χ2n) is 5.00. The van der Waals surface area contributed by atoms with E-state index in [1.807, 2.05) is 24.3 Å². The molecule has 1 aromatic carbocycles. The van der Waals surface area contributed by atoms with Gasteiger partial charge in [0.1, 0.15) is 11.9 Å². The normalized spacial score (nSPS) is 20.5. The van der Waals surface area contributed by atoms with Crippen LogP contribution in [-0.4, -0.2) is 30.4 Å². The Labute approximate surface area is 132 Å². The Morgan fingerprint density at radius 2 is 2.24 bits per heavy atom. The summed E-state index contributed by atoms with van der Waals surface area (Å²) in [4.78, 5) is 11.2. The maximum Gasteiger partial charge on any atom is 0.305 e. The van der Waals surface area contributed by atoms with Crippen molar-refractivity contribution in [2.45, 2.75) is 37.9 Å². The van der Waals surface area contributed by atoms with Crippen LogP contribution in [0.2, 0.25) is 0 Å². The number of ether oxygens (including phenoxy) is 2. The minimum atomic E-state index is -0.430. The molecule has 0 aliphatic heterocycles. The molecule has 4 nitrogen and oxygen atoms in total. The van der Waals surface area contributed by atoms with Crippen molar-refractivity contribution in [3.63, 3.8) is 0 Å². The quantitative estimate of drug-likeness (QED) is 0.630. The zero-order chi connectivity index (χ0) is 15.2. The number of aliphatic hydroxyl groups is 1. The molecular weight excluding hydrogens is 336 g/mol. The number of aryl methyl sites for hydroxylation is 1. The summed E-state index contributed by atoms with van der Waals surface area (Å²) in [5, 5.41) is 9.52. The lowest BCUT2D eigenvalue weighted by Gasteiger charge is -2.17. The van der Waals surface area contributed by atoms with Crippen molar-refractivity contribution in [1.82, 2.24) is 0 Å². The first kappa shape index (κ1) is 16.0. The lowest BCUT2D eigenvalue weighted by Crippen LogP contribution is -2.15. The van der Waals surface area contributed by atoms with Crippen LogP contribution < -0.4 is 4.74 Å². The molecule has 0 saturated carbocycles. The van der Waals surface area contributed by atoms with Crippen molar-refractivity contribution < 1.29 is 19.4 Å². The van der Waals surface area contributed by atoms with Crippen LogP contribution in [0.3, 0.4) is 0 Å². The fourth-order valence-electron chi connectivity index (χ4n) is 2.29. The number of esters is 1. The molecule has 2 rings (SSSR count). The van der Waals surface area contributed by atoms with E-state index in [4.69, 9.17) is 4.74 Å². The van der Waals surface area contributed by atoms with E-state index in [9.17, 15) is 9.90 Å². The first-order chi connectivity index (χ1) is 10.1. The molecule has 0 aromatic heterocycles. The van der Waals surface area contributed by atoms with Gasteiger partial charge in [0.25, 0.3) is 0 Å². The van der Waals surface area contributed by atoms with Gasteiger partial charge in [-0.1, -0.05) is 18.2 Å². The van der Waals surface area contributed by atoms with Crippen LogP contribution in [0.4, 0.5) is 0 Å². The smallest absolute Gasteiger partial charge is 0.305 e. The molecule has 1 aromatic rings. The molecule has 0 spiro atoms. The molecule has 2 unspecified atom stereocenters. The second-order valence-corrected chi connectivity index (χ2v) is 5.86. The van der Waals surface area contributed by atoms with E-state index in [0.717, 1.165) is 22.2 Å². The SMILES string of the molecule is COC(=O)CCCc1cccc(Br)c1OC1C=CC(O)C1. The maximum atomic E-state index is 11.2. The summed E-state index contributed by atoms with van der Waals surface area (Å²) < 4.78 is 11.5. The Balaban J connectivity index is 2.02. The lowest BCUT2D eigenvalue weighted by atomic mass is 10.1. The molecule has 21 heavy (non-hydrogen) atoms. The van der Waals surface area contributed by atoms with Crippen LogP contribution in [0.1, 0.15) is 24.8 Å². The standard InChI is InChI=1S/C16H19BrO4/c1-20-15(19)7-3-5-11-4-2-6-14(17)16(11)21-13-9-8-12(18)10-13/h2,4,6,8-9,12-13,18H,3,5,7,10H2,1H3. The predicted octanol–water partition coefficient (Wildman–Crippen LogP) is 3.01. The molecule has 1 aliphatic carbocycles. The molecule has 0 radical (unpaired) electrons. The minimum absolute atomic E-state index is 0.113. The highest BCUT2D eigenvalue weighted by Crippen LogP contribution is 2.32. The number of para-hydroxylation sites is 1. The molecular formula is C16H19BrO4. The summed E-state index contributed by atoms with van der Waals surface area (Å²) in [6, 6.07) is 5.87. The van der Waals surface area contributed by atoms with Gasteiger partial charge < -0.3 is 14.6 Å². The summed E-state index contributed by atoms with van der Waals surface area (Å²) in [7, 11) is 1.40. The van der Waals surface area contributed by atoms with Gasteiger partial charge in [-0.15, -0.1) is 0 Å². The number of carbonyl (C=O) groups excluding carboxylic acids is 1. The van der Waals surface area contributed by atoms with E-state index in [0.29, 0.717) is 19.3 Å². The van der Waals surface area contributed by atoms with Gasteiger partial charge in [0.15, 0.2) is 0 Å². The van der Waals surface area contributed by atoms with Crippen LogP contribution in [0.5, 0.6) is 5.75 Å². The second kappa shape index (κ2) is 7.61. The molecule has 0 saturated heterocycles. The number of aliphatic hydroxyl groups excluding tert-OH is 1. The van der Waals surface area contributed by atoms with Crippen LogP contribution in [-0.2, 0) is 16.0 Å². The van der Waals surface area contributed by atoms with E-state index in [2.05, 4.69) is 20.7 Å². The van der Waals surface area contributed by atoms with E-state index >= 15 is 0 Å². The molecule has 2 atom stereocenters. The van der Waals surface area contributed by atoms with Gasteiger partial charge in [-0.3, -0.25) is 4.79 Å². The Bertz CT molecular complexity index is 527. The summed E-state index contributed by atoms with van der Waals surface area (Å²) >= 11 is 3.50. The van der Waals surface area contributed by atoms with Gasteiger partial charge in [0, 0.05) is 12.8 Å². The van der Waals surface area contributed by atoms with Crippen molar-refractivity contribution >= 4 is 21.9 Å². The van der Waals surface area contributed by atoms with Crippen LogP contribution >= 0.6 is 15.9 Å². The van der Waals surface area contributed by atoms with E-state index in [1.165, 1.54) is 7.11 Å². The van der Waals surface area contributed by atoms with Crippen molar-refractivity contribution in [3.05, 3.63) is 40.4 Å². The topological polar surface area (TPSA) is 55.8 Å². The summed E-state index contributed by atoms with van der Waals surface area (Å²) in [5.41, 5.74) is 1.04. The number of hydrogen-bond donors (Lipinski definition) is 1. The van der Waals surface area contributed by atoms with Crippen LogP contribution in [0.15, 0.2) is 34.8 Å². The number of rotatable bonds is 6. The first-order valence-corrected chi connectivity index (χ1v) is 7.76. The van der Waals surface area contributed by atoms with Crippen molar-refractivity contribution in [2.75, 3.05) is 7.11 Å². The average molecular weight is 355 g/mol. The van der Waals surface area contributed by atoms with E-state index < -0.39 is 6.10 Å². The number of methoxy groups -OCH3 is 1. The van der Waals surface area contributed by atoms with E-state index in [-0.39, 0.29) is 12.1 Å². The van der Waals surface area contributed by atoms with Crippen LogP contribution in [0.25, 0.3) is 0 Å². The lowest BCUT2D eigenvalue weighted by molar-refractivity contribution is -0.140. The summed E-state index contributed by atoms with van der Waals surface area (Å²) in [6.07, 6.45) is 5.50. The van der Waals surface area contributed by atoms with Gasteiger partial charge in [0.2, 0.25) is 0 Å². The molecule has 1 aliphatic rings. The Hall–Kier alpha value is -1.33. The zero-order valence-electron chi connectivity index (χ0n) is 11.9. The number of halogens is 1. The van der Waals surface area contributed by atoms with Crippen molar-refractivity contribution in [2.24, 2.45) is 0 Å². The van der Waals surface area contributed by atoms with Gasteiger partial charge >= 0.3 is 5.97 Å². The van der Waals surface area contributed by atoms with Gasteiger partial charge in [-0.25, -0.2) is 0 Å². The third kappa shape index (κ3) is 4.58. The zero-order valence-corrected chi connectivity index (χ0v) is 13.5. The van der Waals surface area contributed by atoms with Crippen molar-refractivity contribution in [1.29, 1.82) is 0 Å². The molecule has 0 heterocycles. The highest BCUT2D eigenvalue weighted by Gasteiger charge is 2.20. The molecule has 1 N–H and O–H groups in total. The number of benzene rings is 1. The predicted molar refractivity (Wildman–Crippen MR) is 83.3 cm³/mol. The molecule has 0 bridgehead atoms. The van der Waals surface area contributed by atoms with Crippen LogP contribution in [0, 0.1) is 0 Å². The first-order valence-electron chi connectivity index (χ1n) is 6.97. The van der Waals surface area contributed by atoms with Gasteiger partial charge in [0.05, 0.1) is 17.7 Å². The summed E-state index contributed by atoms with van der Waals surface area (Å²) in [5.74, 6) is 0.584. The third-order valence-electron chi connectivity index (χ3n) is 3.39. The highest BCUT2D eigenvalue weighted by atomic mass is 79.9. The van der Waals surface area contributed by atoms with Gasteiger partial charge in [-0.05, 0) is 46.5 Å². The number of hydrogen-bond acceptors (Lipinski definition) is 4. The molecule has 5 heteroatoms. The average Bonchev–Trinajstić information content (AvgIpc) is 2.87. The fraction of sp³-hybridized carbons (Fsp3) is 0.438. The largest absolute Gasteiger partial charge is 0.485 e. The Morgan fingerprint density at radius 1 is 1.43 bits per heavy atom. The maximum absolute atomic E-state index is 11.2. The highest BCUT2D eigenvalue weighted by molar-refractivity contribution is 9.10. The Kier molecular flexibility index (Phi) is 5.82. The third-order valence-corrected chi connectivity index (χ3v) is 4.02. The van der Waals surface area contributed by atoms with Gasteiger partial charge in [-0.2, -0.15) is 0 Å². The fourth-order valence-corrected chi connectivity index (χ4v) is 2.79.